The van der Waals surface area contributed by atoms with E-state index in [1.165, 1.54) is 0 Å². The zero-order chi connectivity index (χ0) is 8.82. The molecule has 1 saturated carbocycles. The van der Waals surface area contributed by atoms with Crippen molar-refractivity contribution in [1.82, 2.24) is 4.98 Å². The second-order valence-electron chi connectivity index (χ2n) is 3.45. The van der Waals surface area contributed by atoms with E-state index < -0.39 is 11.5 Å². The quantitative estimate of drug-likeness (QED) is 0.663. The lowest BCUT2D eigenvalue weighted by atomic mass is 9.72. The van der Waals surface area contributed by atoms with E-state index in [-0.39, 0.29) is 12.8 Å². The molecule has 0 aliphatic heterocycles. The van der Waals surface area contributed by atoms with Gasteiger partial charge in [0.2, 0.25) is 0 Å². The van der Waals surface area contributed by atoms with Crippen molar-refractivity contribution in [1.29, 1.82) is 0 Å². The fourth-order valence-electron chi connectivity index (χ4n) is 1.70. The minimum atomic E-state index is -2.57. The van der Waals surface area contributed by atoms with Gasteiger partial charge in [-0.3, -0.25) is 0 Å². The first kappa shape index (κ1) is 7.73. The van der Waals surface area contributed by atoms with Gasteiger partial charge in [-0.05, 0) is 12.1 Å². The summed E-state index contributed by atoms with van der Waals surface area (Å²) < 4.78 is 25.1. The first-order chi connectivity index (χ1) is 5.52. The molecule has 0 radical (unpaired) electrons. The van der Waals surface area contributed by atoms with Crippen LogP contribution in [0, 0.1) is 0 Å². The number of hydrogen-bond acceptors (Lipinski definition) is 1. The van der Waals surface area contributed by atoms with Gasteiger partial charge in [-0.2, -0.15) is 0 Å². The molecule has 1 aromatic heterocycles. The van der Waals surface area contributed by atoms with Crippen LogP contribution in [0.3, 0.4) is 0 Å². The molecule has 0 saturated heterocycles. The summed E-state index contributed by atoms with van der Waals surface area (Å²) in [5.41, 5.74) is 5.61. The van der Waals surface area contributed by atoms with E-state index in [0.29, 0.717) is 5.69 Å². The summed E-state index contributed by atoms with van der Waals surface area (Å²) in [4.78, 5) is 2.86. The summed E-state index contributed by atoms with van der Waals surface area (Å²) in [6.45, 7) is 0. The Hall–Kier alpha value is -0.900. The van der Waals surface area contributed by atoms with Crippen LogP contribution in [0.2, 0.25) is 0 Å². The Labute approximate surface area is 68.8 Å². The zero-order valence-corrected chi connectivity index (χ0v) is 6.48. The van der Waals surface area contributed by atoms with Crippen LogP contribution < -0.4 is 5.73 Å². The summed E-state index contributed by atoms with van der Waals surface area (Å²) in [6.07, 6.45) is 1.20. The zero-order valence-electron chi connectivity index (χ0n) is 6.48. The van der Waals surface area contributed by atoms with Crippen molar-refractivity contribution < 1.29 is 8.78 Å². The van der Waals surface area contributed by atoms with E-state index in [4.69, 9.17) is 5.73 Å². The maximum Gasteiger partial charge on any atom is 0.252 e. The summed E-state index contributed by atoms with van der Waals surface area (Å²) in [5, 5.41) is 0. The Morgan fingerprint density at radius 3 is 2.50 bits per heavy atom. The number of aromatic nitrogens is 1. The fourth-order valence-corrected chi connectivity index (χ4v) is 1.70. The number of nitrogens with one attached hydrogen (secondary N) is 1. The number of halogens is 2. The van der Waals surface area contributed by atoms with E-state index >= 15 is 0 Å². The van der Waals surface area contributed by atoms with Crippen LogP contribution in [0.1, 0.15) is 18.5 Å². The standard InChI is InChI=1S/C8H10F2N2/c9-8(10)4-7(11,5-8)6-2-1-3-12-6/h1-3,12H,4-5,11H2. The number of aromatic amines is 1. The van der Waals surface area contributed by atoms with E-state index in [0.717, 1.165) is 0 Å². The molecular formula is C8H10F2N2. The van der Waals surface area contributed by atoms with Crippen molar-refractivity contribution in [3.63, 3.8) is 0 Å². The second-order valence-corrected chi connectivity index (χ2v) is 3.45. The van der Waals surface area contributed by atoms with Gasteiger partial charge in [0, 0.05) is 24.7 Å². The summed E-state index contributed by atoms with van der Waals surface area (Å²) >= 11 is 0. The topological polar surface area (TPSA) is 41.8 Å². The maximum atomic E-state index is 12.5. The first-order valence-corrected chi connectivity index (χ1v) is 3.82. The Morgan fingerprint density at radius 2 is 2.08 bits per heavy atom. The van der Waals surface area contributed by atoms with Gasteiger partial charge < -0.3 is 10.7 Å². The van der Waals surface area contributed by atoms with Gasteiger partial charge in [0.15, 0.2) is 0 Å². The predicted octanol–water partition coefficient (Wildman–Crippen LogP) is 1.60. The molecule has 1 fully saturated rings. The third kappa shape index (κ3) is 1.03. The SMILES string of the molecule is NC1(c2ccc[nH]2)CC(F)(F)C1. The van der Waals surface area contributed by atoms with Crippen molar-refractivity contribution in [3.8, 4) is 0 Å². The van der Waals surface area contributed by atoms with Crippen LogP contribution in [0.25, 0.3) is 0 Å². The van der Waals surface area contributed by atoms with E-state index in [1.54, 1.807) is 18.3 Å². The van der Waals surface area contributed by atoms with Gasteiger partial charge in [0.25, 0.3) is 5.92 Å². The van der Waals surface area contributed by atoms with Crippen molar-refractivity contribution in [2.45, 2.75) is 24.3 Å². The van der Waals surface area contributed by atoms with E-state index in [2.05, 4.69) is 4.98 Å². The molecule has 2 rings (SSSR count). The van der Waals surface area contributed by atoms with Crippen LogP contribution >= 0.6 is 0 Å². The number of alkyl halides is 2. The highest BCUT2D eigenvalue weighted by atomic mass is 19.3. The van der Waals surface area contributed by atoms with E-state index in [1.807, 2.05) is 0 Å². The second kappa shape index (κ2) is 2.07. The summed E-state index contributed by atoms with van der Waals surface area (Å²) in [5.74, 6) is -2.57. The minimum absolute atomic E-state index is 0.249. The average Bonchev–Trinajstić information content (AvgIpc) is 2.31. The molecule has 0 bridgehead atoms. The smallest absolute Gasteiger partial charge is 0.252 e. The minimum Gasteiger partial charge on any atom is -0.363 e. The van der Waals surface area contributed by atoms with Crippen LogP contribution in [-0.4, -0.2) is 10.9 Å². The molecule has 1 aliphatic carbocycles. The highest BCUT2D eigenvalue weighted by Gasteiger charge is 2.55. The van der Waals surface area contributed by atoms with Crippen LogP contribution in [0.4, 0.5) is 8.78 Å². The molecule has 0 atom stereocenters. The molecule has 4 heteroatoms. The third-order valence-electron chi connectivity index (χ3n) is 2.28. The fraction of sp³-hybridized carbons (Fsp3) is 0.500. The number of rotatable bonds is 1. The highest BCUT2D eigenvalue weighted by Crippen LogP contribution is 2.49. The lowest BCUT2D eigenvalue weighted by molar-refractivity contribution is -0.126. The van der Waals surface area contributed by atoms with Crippen LogP contribution in [-0.2, 0) is 5.54 Å². The van der Waals surface area contributed by atoms with Gasteiger partial charge in [-0.25, -0.2) is 8.78 Å². The molecule has 66 valence electrons. The Balaban J connectivity index is 2.18. The molecule has 0 unspecified atom stereocenters. The molecule has 2 nitrogen and oxygen atoms in total. The van der Waals surface area contributed by atoms with Gasteiger partial charge in [-0.1, -0.05) is 0 Å². The van der Waals surface area contributed by atoms with Crippen molar-refractivity contribution >= 4 is 0 Å². The Kier molecular flexibility index (Phi) is 1.33. The normalized spacial score (nSPS) is 24.9. The molecule has 1 aliphatic rings. The third-order valence-corrected chi connectivity index (χ3v) is 2.28. The van der Waals surface area contributed by atoms with Crippen LogP contribution in [0.15, 0.2) is 18.3 Å². The van der Waals surface area contributed by atoms with Crippen LogP contribution in [0.5, 0.6) is 0 Å². The summed E-state index contributed by atoms with van der Waals surface area (Å²) in [7, 11) is 0. The number of nitrogens with two attached hydrogens (primary N) is 1. The van der Waals surface area contributed by atoms with Gasteiger partial charge in [-0.15, -0.1) is 0 Å². The average molecular weight is 172 g/mol. The lowest BCUT2D eigenvalue weighted by Gasteiger charge is -2.43. The monoisotopic (exact) mass is 172 g/mol. The van der Waals surface area contributed by atoms with Gasteiger partial charge in [0.1, 0.15) is 0 Å². The molecular weight excluding hydrogens is 162 g/mol. The molecule has 1 aromatic rings. The molecule has 0 aromatic carbocycles. The Morgan fingerprint density at radius 1 is 1.42 bits per heavy atom. The van der Waals surface area contributed by atoms with Gasteiger partial charge in [0.05, 0.1) is 5.54 Å². The largest absolute Gasteiger partial charge is 0.363 e. The number of H-pyrrole nitrogens is 1. The summed E-state index contributed by atoms with van der Waals surface area (Å²) in [6, 6.07) is 3.51. The van der Waals surface area contributed by atoms with Gasteiger partial charge >= 0.3 is 0 Å². The highest BCUT2D eigenvalue weighted by molar-refractivity contribution is 5.22. The van der Waals surface area contributed by atoms with Crippen molar-refractivity contribution in [2.24, 2.45) is 5.73 Å². The lowest BCUT2D eigenvalue weighted by Crippen LogP contribution is -2.55. The van der Waals surface area contributed by atoms with E-state index in [9.17, 15) is 8.78 Å². The molecule has 0 amide bonds. The maximum absolute atomic E-state index is 12.5. The molecule has 12 heavy (non-hydrogen) atoms. The predicted molar refractivity (Wildman–Crippen MR) is 40.8 cm³/mol. The molecule has 3 N–H and O–H groups in total. The Bertz CT molecular complexity index is 271. The molecule has 1 heterocycles. The van der Waals surface area contributed by atoms with Crippen molar-refractivity contribution in [3.05, 3.63) is 24.0 Å². The number of hydrogen-bond donors (Lipinski definition) is 2. The first-order valence-electron chi connectivity index (χ1n) is 3.82. The molecule has 0 spiro atoms. The van der Waals surface area contributed by atoms with Crippen molar-refractivity contribution in [2.75, 3.05) is 0 Å².